The lowest BCUT2D eigenvalue weighted by Gasteiger charge is -2.30. The lowest BCUT2D eigenvalue weighted by atomic mass is 9.83. The van der Waals surface area contributed by atoms with Crippen LogP contribution < -0.4 is 24.4 Å². The van der Waals surface area contributed by atoms with Gasteiger partial charge in [-0.3, -0.25) is 9.36 Å². The molecule has 2 heterocycles. The Balaban J connectivity index is 1.60. The molecule has 2 aliphatic rings. The van der Waals surface area contributed by atoms with Crippen molar-refractivity contribution in [2.75, 3.05) is 14.2 Å². The van der Waals surface area contributed by atoms with Crippen molar-refractivity contribution in [3.63, 3.8) is 0 Å². The maximum absolute atomic E-state index is 13.9. The molecule has 7 heteroatoms. The zero-order chi connectivity index (χ0) is 24.8. The topological polar surface area (TPSA) is 52.8 Å². The first-order valence-corrected chi connectivity index (χ1v) is 13.3. The van der Waals surface area contributed by atoms with Gasteiger partial charge in [0.25, 0.3) is 5.56 Å². The van der Waals surface area contributed by atoms with Gasteiger partial charge in [0.15, 0.2) is 4.80 Å². The van der Waals surface area contributed by atoms with Crippen molar-refractivity contribution in [3.05, 3.63) is 119 Å². The van der Waals surface area contributed by atoms with E-state index >= 15 is 0 Å². The first-order valence-electron chi connectivity index (χ1n) is 11.7. The van der Waals surface area contributed by atoms with E-state index in [9.17, 15) is 4.79 Å². The number of aromatic nitrogens is 1. The van der Waals surface area contributed by atoms with Gasteiger partial charge in [-0.15, -0.1) is 0 Å². The minimum absolute atomic E-state index is 0.0463. The molecule has 0 N–H and O–H groups in total. The molecule has 36 heavy (non-hydrogen) atoms. The Labute approximate surface area is 220 Å². The van der Waals surface area contributed by atoms with Gasteiger partial charge in [0.05, 0.1) is 30.5 Å². The smallest absolute Gasteiger partial charge is 0.271 e. The second kappa shape index (κ2) is 9.22. The summed E-state index contributed by atoms with van der Waals surface area (Å²) >= 11 is 4.96. The molecule has 5 nitrogen and oxygen atoms in total. The van der Waals surface area contributed by atoms with Crippen molar-refractivity contribution < 1.29 is 9.47 Å². The third-order valence-corrected chi connectivity index (χ3v) is 8.30. The molecule has 3 aromatic carbocycles. The average Bonchev–Trinajstić information content (AvgIpc) is 3.22. The number of aryl methyl sites for hydroxylation is 1. The zero-order valence-corrected chi connectivity index (χ0v) is 22.2. The van der Waals surface area contributed by atoms with Crippen LogP contribution in [0.15, 0.2) is 86.6 Å². The molecule has 0 bridgehead atoms. The summed E-state index contributed by atoms with van der Waals surface area (Å²) in [7, 11) is 3.24. The van der Waals surface area contributed by atoms with Crippen LogP contribution >= 0.6 is 27.3 Å². The summed E-state index contributed by atoms with van der Waals surface area (Å²) in [6, 6.07) is 22.1. The van der Waals surface area contributed by atoms with E-state index in [-0.39, 0.29) is 11.6 Å². The Kier molecular flexibility index (Phi) is 5.90. The number of ether oxygens (including phenoxy) is 2. The van der Waals surface area contributed by atoms with E-state index < -0.39 is 0 Å². The van der Waals surface area contributed by atoms with E-state index in [1.165, 1.54) is 22.5 Å². The van der Waals surface area contributed by atoms with Crippen LogP contribution in [-0.2, 0) is 6.42 Å². The van der Waals surface area contributed by atoms with Crippen molar-refractivity contribution in [2.24, 2.45) is 4.99 Å². The van der Waals surface area contributed by atoms with E-state index in [1.54, 1.807) is 14.2 Å². The van der Waals surface area contributed by atoms with Crippen LogP contribution in [0.5, 0.6) is 11.5 Å². The maximum atomic E-state index is 13.9. The highest BCUT2D eigenvalue weighted by Gasteiger charge is 2.32. The molecule has 0 spiro atoms. The van der Waals surface area contributed by atoms with Gasteiger partial charge in [-0.05, 0) is 59.9 Å². The summed E-state index contributed by atoms with van der Waals surface area (Å²) in [5.74, 6) is 1.35. The number of hydrogen-bond acceptors (Lipinski definition) is 5. The third-order valence-electron chi connectivity index (χ3n) is 6.79. The van der Waals surface area contributed by atoms with Gasteiger partial charge in [-0.1, -0.05) is 63.7 Å². The summed E-state index contributed by atoms with van der Waals surface area (Å²) in [5.41, 5.74) is 6.51. The first kappa shape index (κ1) is 23.0. The molecular weight excluding hydrogens is 536 g/mol. The quantitative estimate of drug-likeness (QED) is 0.350. The lowest BCUT2D eigenvalue weighted by molar-refractivity contribution is 0.393. The van der Waals surface area contributed by atoms with E-state index in [0.717, 1.165) is 39.7 Å². The lowest BCUT2D eigenvalue weighted by Crippen LogP contribution is -2.38. The largest absolute Gasteiger partial charge is 0.497 e. The Hall–Kier alpha value is -3.42. The van der Waals surface area contributed by atoms with Gasteiger partial charge in [0.1, 0.15) is 11.5 Å². The van der Waals surface area contributed by atoms with Crippen LogP contribution in [-0.4, -0.2) is 18.8 Å². The number of nitrogens with zero attached hydrogens (tertiary/aromatic N) is 2. The van der Waals surface area contributed by atoms with E-state index in [0.29, 0.717) is 20.8 Å². The van der Waals surface area contributed by atoms with E-state index in [4.69, 9.17) is 14.5 Å². The van der Waals surface area contributed by atoms with Crippen LogP contribution in [0.2, 0.25) is 0 Å². The van der Waals surface area contributed by atoms with Gasteiger partial charge in [0, 0.05) is 21.7 Å². The minimum Gasteiger partial charge on any atom is -0.497 e. The van der Waals surface area contributed by atoms with Crippen LogP contribution in [0.1, 0.15) is 34.7 Å². The Bertz CT molecular complexity index is 1700. The van der Waals surface area contributed by atoms with Crippen LogP contribution in [0.3, 0.4) is 0 Å². The molecule has 180 valence electrons. The average molecular weight is 559 g/mol. The number of methoxy groups -OCH3 is 2. The highest BCUT2D eigenvalue weighted by atomic mass is 79.9. The molecule has 1 aliphatic carbocycles. The molecule has 0 saturated carbocycles. The number of fused-ring (bicyclic) bond motifs is 3. The molecule has 1 unspecified atom stereocenters. The van der Waals surface area contributed by atoms with Crippen molar-refractivity contribution in [3.8, 4) is 11.5 Å². The van der Waals surface area contributed by atoms with Crippen molar-refractivity contribution in [1.82, 2.24) is 4.57 Å². The molecule has 0 fully saturated rings. The van der Waals surface area contributed by atoms with Crippen LogP contribution in [0, 0.1) is 0 Å². The standard InChI is InChI=1S/C29H23BrN2O3S/c1-34-21-13-9-19(24(16-21)35-2)15-25-28(33)32-27(18-7-11-20(30)12-8-18)23-14-10-17-5-3-4-6-22(17)26(23)31-29(32)36-25/h3-9,11-13,15-16,27H,10,14H2,1-2H3. The fraction of sp³-hybridized carbons (Fsp3) is 0.172. The monoisotopic (exact) mass is 558 g/mol. The minimum atomic E-state index is -0.197. The van der Waals surface area contributed by atoms with E-state index in [2.05, 4.69) is 52.3 Å². The second-order valence-corrected chi connectivity index (χ2v) is 10.7. The van der Waals surface area contributed by atoms with Gasteiger partial charge >= 0.3 is 0 Å². The number of thiazole rings is 1. The molecule has 0 saturated heterocycles. The van der Waals surface area contributed by atoms with Crippen molar-refractivity contribution in [1.29, 1.82) is 0 Å². The fourth-order valence-electron chi connectivity index (χ4n) is 5.05. The maximum Gasteiger partial charge on any atom is 0.271 e. The van der Waals surface area contributed by atoms with Gasteiger partial charge in [-0.25, -0.2) is 4.99 Å². The summed E-state index contributed by atoms with van der Waals surface area (Å²) in [4.78, 5) is 19.7. The SMILES string of the molecule is COc1ccc(C=c2sc3n(c2=O)C(c2ccc(Br)cc2)C2=C(N=3)c3ccccc3CC2)c(OC)c1. The zero-order valence-electron chi connectivity index (χ0n) is 19.8. The number of allylic oxidation sites excluding steroid dienone is 1. The molecule has 4 aromatic rings. The second-order valence-electron chi connectivity index (χ2n) is 8.77. The molecule has 1 aliphatic heterocycles. The Morgan fingerprint density at radius 2 is 1.83 bits per heavy atom. The summed E-state index contributed by atoms with van der Waals surface area (Å²) < 4.78 is 14.4. The Morgan fingerprint density at radius 1 is 1.03 bits per heavy atom. The highest BCUT2D eigenvalue weighted by Crippen LogP contribution is 2.41. The van der Waals surface area contributed by atoms with Gasteiger partial charge in [0.2, 0.25) is 0 Å². The van der Waals surface area contributed by atoms with Crippen LogP contribution in [0.4, 0.5) is 0 Å². The van der Waals surface area contributed by atoms with E-state index in [1.807, 2.05) is 41.0 Å². The molecule has 0 amide bonds. The number of halogens is 1. The molecule has 0 radical (unpaired) electrons. The Morgan fingerprint density at radius 3 is 2.61 bits per heavy atom. The summed E-state index contributed by atoms with van der Waals surface area (Å²) in [6.45, 7) is 0. The van der Waals surface area contributed by atoms with Crippen molar-refractivity contribution >= 4 is 39.0 Å². The fourth-order valence-corrected chi connectivity index (χ4v) is 6.30. The number of benzene rings is 3. The molecular formula is C29H23BrN2O3S. The highest BCUT2D eigenvalue weighted by molar-refractivity contribution is 9.10. The molecule has 6 rings (SSSR count). The predicted octanol–water partition coefficient (Wildman–Crippen LogP) is 5.10. The molecule has 1 aromatic heterocycles. The van der Waals surface area contributed by atoms with Crippen molar-refractivity contribution in [2.45, 2.75) is 18.9 Å². The predicted molar refractivity (Wildman–Crippen MR) is 146 cm³/mol. The molecule has 1 atom stereocenters. The summed E-state index contributed by atoms with van der Waals surface area (Å²) in [6.07, 6.45) is 3.69. The first-order chi connectivity index (χ1) is 17.6. The summed E-state index contributed by atoms with van der Waals surface area (Å²) in [5, 5.41) is 0. The third kappa shape index (κ3) is 3.83. The van der Waals surface area contributed by atoms with Gasteiger partial charge < -0.3 is 9.47 Å². The van der Waals surface area contributed by atoms with Gasteiger partial charge in [-0.2, -0.15) is 0 Å². The number of hydrogen-bond donors (Lipinski definition) is 0. The number of rotatable bonds is 4. The van der Waals surface area contributed by atoms with Crippen LogP contribution in [0.25, 0.3) is 11.8 Å². The normalized spacial score (nSPS) is 16.6.